The van der Waals surface area contributed by atoms with Gasteiger partial charge in [-0.25, -0.2) is 0 Å². The summed E-state index contributed by atoms with van der Waals surface area (Å²) in [5.74, 6) is 0. The van der Waals surface area contributed by atoms with Gasteiger partial charge in [0.2, 0.25) is 0 Å². The molecule has 9 heteroatoms. The molecular formula is C12H22O9. The Bertz CT molecular complexity index is 354. The molecule has 0 radical (unpaired) electrons. The Morgan fingerprint density at radius 1 is 0.667 bits per heavy atom. The van der Waals surface area contributed by atoms with Gasteiger partial charge in [0.25, 0.3) is 0 Å². The predicted octanol–water partition coefficient (Wildman–Crippen LogP) is -3.34. The normalized spacial score (nSPS) is 55.4. The molecule has 0 aromatic heterocycles. The molecule has 2 fully saturated rings. The van der Waals surface area contributed by atoms with E-state index in [9.17, 15) is 30.6 Å². The molecule has 10 atom stereocenters. The molecule has 2 aliphatic rings. The fourth-order valence-corrected chi connectivity index (χ4v) is 2.45. The highest BCUT2D eigenvalue weighted by atomic mass is 16.7. The zero-order valence-electron chi connectivity index (χ0n) is 11.7. The Kier molecular flexibility index (Phi) is 5.19. The zero-order chi connectivity index (χ0) is 15.9. The highest BCUT2D eigenvalue weighted by molar-refractivity contribution is 4.91. The highest BCUT2D eigenvalue weighted by Gasteiger charge is 2.48. The van der Waals surface area contributed by atoms with Gasteiger partial charge in [-0.2, -0.15) is 0 Å². The van der Waals surface area contributed by atoms with Gasteiger partial charge in [-0.15, -0.1) is 0 Å². The Morgan fingerprint density at radius 2 is 1.19 bits per heavy atom. The standard InChI is InChI=1S/C12H22O9/c1-3-6(14)8(16)10(11(18)19-3)21-12-9(17)7(15)5(13)4(2)20-12/h3-18H,1-2H3/t3-,4-,5-,6-,7+,8+,9+,10+,11+,12-/m0/s1. The maximum atomic E-state index is 9.91. The first kappa shape index (κ1) is 17.0. The molecule has 0 aliphatic carbocycles. The van der Waals surface area contributed by atoms with Gasteiger partial charge in [0.05, 0.1) is 12.2 Å². The summed E-state index contributed by atoms with van der Waals surface area (Å²) >= 11 is 0. The molecular weight excluding hydrogens is 288 g/mol. The van der Waals surface area contributed by atoms with Crippen molar-refractivity contribution in [3.8, 4) is 0 Å². The molecule has 0 saturated carbocycles. The third-order valence-electron chi connectivity index (χ3n) is 3.90. The maximum Gasteiger partial charge on any atom is 0.187 e. The molecule has 2 heterocycles. The Morgan fingerprint density at radius 3 is 1.81 bits per heavy atom. The van der Waals surface area contributed by atoms with E-state index in [0.29, 0.717) is 0 Å². The third-order valence-corrected chi connectivity index (χ3v) is 3.90. The summed E-state index contributed by atoms with van der Waals surface area (Å²) in [6.45, 7) is 2.94. The van der Waals surface area contributed by atoms with Crippen molar-refractivity contribution in [3.63, 3.8) is 0 Å². The fourth-order valence-electron chi connectivity index (χ4n) is 2.45. The summed E-state index contributed by atoms with van der Waals surface area (Å²) in [4.78, 5) is 0. The van der Waals surface area contributed by atoms with Crippen molar-refractivity contribution in [2.75, 3.05) is 0 Å². The minimum atomic E-state index is -1.58. The van der Waals surface area contributed by atoms with Crippen LogP contribution in [0.4, 0.5) is 0 Å². The van der Waals surface area contributed by atoms with Crippen LogP contribution in [0.1, 0.15) is 13.8 Å². The Balaban J connectivity index is 2.06. The van der Waals surface area contributed by atoms with Crippen LogP contribution >= 0.6 is 0 Å². The molecule has 9 nitrogen and oxygen atoms in total. The summed E-state index contributed by atoms with van der Waals surface area (Å²) in [5.41, 5.74) is 0. The molecule has 124 valence electrons. The van der Waals surface area contributed by atoms with Gasteiger partial charge in [0.1, 0.15) is 36.6 Å². The molecule has 0 aromatic rings. The first-order valence-corrected chi connectivity index (χ1v) is 6.78. The van der Waals surface area contributed by atoms with Crippen LogP contribution in [0.5, 0.6) is 0 Å². The lowest BCUT2D eigenvalue weighted by Gasteiger charge is -2.44. The minimum Gasteiger partial charge on any atom is -0.388 e. The van der Waals surface area contributed by atoms with Crippen molar-refractivity contribution in [2.24, 2.45) is 0 Å². The van der Waals surface area contributed by atoms with E-state index < -0.39 is 61.4 Å². The van der Waals surface area contributed by atoms with Crippen LogP contribution in [-0.4, -0.2) is 92.1 Å². The lowest BCUT2D eigenvalue weighted by atomic mass is 9.98. The van der Waals surface area contributed by atoms with E-state index >= 15 is 0 Å². The number of aliphatic hydroxyl groups excluding tert-OH is 6. The average Bonchev–Trinajstić information content (AvgIpc) is 2.44. The largest absolute Gasteiger partial charge is 0.388 e. The lowest BCUT2D eigenvalue weighted by molar-refractivity contribution is -0.356. The summed E-state index contributed by atoms with van der Waals surface area (Å²) in [5, 5.41) is 58.5. The van der Waals surface area contributed by atoms with Crippen LogP contribution in [0, 0.1) is 0 Å². The third kappa shape index (κ3) is 3.21. The number of aliphatic hydroxyl groups is 6. The summed E-state index contributed by atoms with van der Waals surface area (Å²) in [6, 6.07) is 0. The van der Waals surface area contributed by atoms with E-state index in [0.717, 1.165) is 0 Å². The Hall–Kier alpha value is -0.360. The molecule has 2 saturated heterocycles. The van der Waals surface area contributed by atoms with Gasteiger partial charge in [-0.3, -0.25) is 0 Å². The smallest absolute Gasteiger partial charge is 0.187 e. The van der Waals surface area contributed by atoms with Crippen LogP contribution in [0.25, 0.3) is 0 Å². The quantitative estimate of drug-likeness (QED) is 0.308. The second-order valence-corrected chi connectivity index (χ2v) is 5.50. The van der Waals surface area contributed by atoms with E-state index in [1.165, 1.54) is 13.8 Å². The molecule has 0 aromatic carbocycles. The lowest BCUT2D eigenvalue weighted by Crippen LogP contribution is -2.62. The average molecular weight is 310 g/mol. The number of hydrogen-bond acceptors (Lipinski definition) is 9. The van der Waals surface area contributed by atoms with E-state index in [2.05, 4.69) is 0 Å². The van der Waals surface area contributed by atoms with E-state index in [4.69, 9.17) is 14.2 Å². The van der Waals surface area contributed by atoms with Gasteiger partial charge in [0.15, 0.2) is 12.6 Å². The van der Waals surface area contributed by atoms with Crippen molar-refractivity contribution < 1.29 is 44.8 Å². The topological polar surface area (TPSA) is 149 Å². The molecule has 6 N–H and O–H groups in total. The van der Waals surface area contributed by atoms with E-state index in [-0.39, 0.29) is 0 Å². The first-order valence-electron chi connectivity index (χ1n) is 6.78. The van der Waals surface area contributed by atoms with Gasteiger partial charge in [-0.1, -0.05) is 0 Å². The fraction of sp³-hybridized carbons (Fsp3) is 1.00. The molecule has 2 rings (SSSR count). The number of hydrogen-bond donors (Lipinski definition) is 6. The predicted molar refractivity (Wildman–Crippen MR) is 65.8 cm³/mol. The molecule has 21 heavy (non-hydrogen) atoms. The van der Waals surface area contributed by atoms with Crippen LogP contribution in [0.3, 0.4) is 0 Å². The number of ether oxygens (including phenoxy) is 3. The van der Waals surface area contributed by atoms with E-state index in [1.807, 2.05) is 0 Å². The second-order valence-electron chi connectivity index (χ2n) is 5.50. The molecule has 2 aliphatic heterocycles. The number of rotatable bonds is 2. The van der Waals surface area contributed by atoms with Gasteiger partial charge < -0.3 is 44.8 Å². The Labute approximate surface area is 121 Å². The summed E-state index contributed by atoms with van der Waals surface area (Å²) in [6.07, 6.45) is -13.0. The monoisotopic (exact) mass is 310 g/mol. The van der Waals surface area contributed by atoms with Gasteiger partial charge in [0, 0.05) is 0 Å². The first-order chi connectivity index (χ1) is 9.73. The zero-order valence-corrected chi connectivity index (χ0v) is 11.7. The molecule has 0 unspecified atom stereocenters. The minimum absolute atomic E-state index is 0.793. The van der Waals surface area contributed by atoms with Crippen molar-refractivity contribution in [3.05, 3.63) is 0 Å². The molecule has 0 amide bonds. The second kappa shape index (κ2) is 6.41. The summed E-state index contributed by atoms with van der Waals surface area (Å²) in [7, 11) is 0. The van der Waals surface area contributed by atoms with Crippen LogP contribution in [-0.2, 0) is 14.2 Å². The van der Waals surface area contributed by atoms with Crippen LogP contribution in [0.15, 0.2) is 0 Å². The van der Waals surface area contributed by atoms with Crippen LogP contribution < -0.4 is 0 Å². The van der Waals surface area contributed by atoms with Crippen molar-refractivity contribution >= 4 is 0 Å². The molecule has 0 spiro atoms. The van der Waals surface area contributed by atoms with Crippen molar-refractivity contribution in [2.45, 2.75) is 75.3 Å². The molecule has 0 bridgehead atoms. The van der Waals surface area contributed by atoms with Crippen molar-refractivity contribution in [1.29, 1.82) is 0 Å². The van der Waals surface area contributed by atoms with Crippen molar-refractivity contribution in [1.82, 2.24) is 0 Å². The van der Waals surface area contributed by atoms with Gasteiger partial charge >= 0.3 is 0 Å². The summed E-state index contributed by atoms with van der Waals surface area (Å²) < 4.78 is 15.5. The van der Waals surface area contributed by atoms with Gasteiger partial charge in [-0.05, 0) is 13.8 Å². The maximum absolute atomic E-state index is 9.91. The highest BCUT2D eigenvalue weighted by Crippen LogP contribution is 2.28. The SMILES string of the molecule is C[C@@H]1O[C@@H](O[C@@H]2[C@H](O)[C@@H](O)[C@H](C)O[C@H]2O)[C@H](O)[C@H](O)[C@H]1O. The van der Waals surface area contributed by atoms with Crippen LogP contribution in [0.2, 0.25) is 0 Å². The van der Waals surface area contributed by atoms with E-state index in [1.54, 1.807) is 0 Å².